The van der Waals surface area contributed by atoms with E-state index in [9.17, 15) is 29.4 Å². The van der Waals surface area contributed by atoms with Crippen LogP contribution in [0.15, 0.2) is 30.3 Å². The normalized spacial score (nSPS) is 16.5. The number of carboxylic acid groups (broad SMARTS) is 2. The second-order valence-electron chi connectivity index (χ2n) is 15.9. The third-order valence-electron chi connectivity index (χ3n) is 8.81. The third kappa shape index (κ3) is 25.9. The van der Waals surface area contributed by atoms with Gasteiger partial charge >= 0.3 is 41.5 Å². The average Bonchev–Trinajstić information content (AvgIpc) is 3.00. The smallest absolute Gasteiger partial charge is 0.550 e. The van der Waals surface area contributed by atoms with Crippen LogP contribution in [0, 0.1) is 17.8 Å². The van der Waals surface area contributed by atoms with Gasteiger partial charge in [0.2, 0.25) is 0 Å². The molecule has 2 aliphatic rings. The van der Waals surface area contributed by atoms with Crippen molar-refractivity contribution in [3.63, 3.8) is 0 Å². The monoisotopic (exact) mass is 711 g/mol. The van der Waals surface area contributed by atoms with Gasteiger partial charge in [0, 0.05) is 23.8 Å². The Hall–Kier alpha value is -1.94. The van der Waals surface area contributed by atoms with E-state index in [0.29, 0.717) is 19.3 Å². The van der Waals surface area contributed by atoms with Gasteiger partial charge in [-0.15, -0.1) is 0 Å². The molecule has 2 aliphatic carbocycles. The third-order valence-corrected chi connectivity index (χ3v) is 8.81. The molecule has 0 amide bonds. The molecule has 0 radical (unpaired) electrons. The standard InChI is InChI=1S/C17H30O4.C17H24O4.C6H13N.Na/c2*1-17(2,3)21-15(18)12-14(16(19)20)11-7-10-13-8-5-4-6-9-13;7-6-4-2-1-3-5-6;/h13-14H,4-12H2,1-3H3,(H,19,20);4-6,8-9,14H,7,10-12H2,1-3H3,(H,19,20);6H,1-5,7H2;/q;;;+1/p-1/t2*14-;;/m11../s1. The van der Waals surface area contributed by atoms with Crippen LogP contribution in [0.25, 0.3) is 0 Å². The maximum Gasteiger partial charge on any atom is 1.00 e. The predicted molar refractivity (Wildman–Crippen MR) is 187 cm³/mol. The van der Waals surface area contributed by atoms with Gasteiger partial charge in [-0.2, -0.15) is 0 Å². The molecule has 1 aromatic carbocycles. The van der Waals surface area contributed by atoms with Crippen molar-refractivity contribution in [1.82, 2.24) is 0 Å². The summed E-state index contributed by atoms with van der Waals surface area (Å²) in [7, 11) is 0. The van der Waals surface area contributed by atoms with Crippen LogP contribution in [0.5, 0.6) is 0 Å². The molecule has 50 heavy (non-hydrogen) atoms. The van der Waals surface area contributed by atoms with Crippen molar-refractivity contribution in [2.24, 2.45) is 17.8 Å². The van der Waals surface area contributed by atoms with Crippen LogP contribution in [-0.4, -0.2) is 41.1 Å². The fourth-order valence-corrected chi connectivity index (χ4v) is 6.29. The van der Waals surface area contributed by atoms with Gasteiger partial charge in [0.25, 0.3) is 0 Å². The Labute approximate surface area is 324 Å². The van der Waals surface area contributed by atoms with Crippen molar-refractivity contribution in [3.05, 3.63) is 35.9 Å². The minimum atomic E-state index is -1.19. The summed E-state index contributed by atoms with van der Waals surface area (Å²) in [4.78, 5) is 45.7. The van der Waals surface area contributed by atoms with E-state index in [1.54, 1.807) is 41.5 Å². The zero-order valence-corrected chi connectivity index (χ0v) is 34.4. The summed E-state index contributed by atoms with van der Waals surface area (Å²) in [5, 5.41) is 22.3. The number of rotatable bonds is 14. The Bertz CT molecular complexity index is 1090. The van der Waals surface area contributed by atoms with Crippen LogP contribution < -0.4 is 45.5 Å². The second kappa shape index (κ2) is 25.9. The number of ether oxygens (including phenoxy) is 2. The van der Waals surface area contributed by atoms with Gasteiger partial charge in [0.05, 0.1) is 18.9 Å². The molecule has 9 nitrogen and oxygen atoms in total. The summed E-state index contributed by atoms with van der Waals surface area (Å²) < 4.78 is 10.3. The van der Waals surface area contributed by atoms with Gasteiger partial charge in [-0.25, -0.2) is 0 Å². The Morgan fingerprint density at radius 1 is 0.700 bits per heavy atom. The number of quaternary nitrogens is 1. The topological polar surface area (TPSA) is 160 Å². The van der Waals surface area contributed by atoms with Gasteiger partial charge in [-0.3, -0.25) is 9.59 Å². The molecule has 2 fully saturated rings. The SMILES string of the molecule is CC(C)(C)OC(=O)C[C@@H](CCCC1CCCCC1)C(=O)[O-].CC(C)(C)OC(=O)C[C@@H](CCCc1ccccc1)C(=O)[O-].[NH3+]C1CCCCC1.[Na+]. The number of benzene rings is 1. The van der Waals surface area contributed by atoms with Gasteiger partial charge in [0.15, 0.2) is 0 Å². The quantitative estimate of drug-likeness (QED) is 0.228. The molecule has 280 valence electrons. The first-order valence-electron chi connectivity index (χ1n) is 18.7. The Kier molecular flexibility index (Phi) is 24.9. The zero-order chi connectivity index (χ0) is 36.9. The maximum atomic E-state index is 11.7. The number of aryl methyl sites for hydroxylation is 1. The first kappa shape index (κ1) is 48.1. The van der Waals surface area contributed by atoms with Crippen LogP contribution in [-0.2, 0) is 35.1 Å². The van der Waals surface area contributed by atoms with Crippen LogP contribution in [0.4, 0.5) is 0 Å². The average molecular weight is 712 g/mol. The summed E-state index contributed by atoms with van der Waals surface area (Å²) in [6.07, 6.45) is 17.6. The van der Waals surface area contributed by atoms with E-state index in [1.807, 2.05) is 30.3 Å². The van der Waals surface area contributed by atoms with Crippen LogP contribution in [0.2, 0.25) is 0 Å². The first-order valence-corrected chi connectivity index (χ1v) is 18.7. The second-order valence-corrected chi connectivity index (χ2v) is 15.9. The van der Waals surface area contributed by atoms with Crippen molar-refractivity contribution in [2.45, 2.75) is 174 Å². The fourth-order valence-electron chi connectivity index (χ4n) is 6.29. The molecule has 0 unspecified atom stereocenters. The molecule has 1 aromatic rings. The van der Waals surface area contributed by atoms with E-state index in [-0.39, 0.29) is 42.4 Å². The van der Waals surface area contributed by atoms with Crippen LogP contribution >= 0.6 is 0 Å². The van der Waals surface area contributed by atoms with Crippen molar-refractivity contribution in [1.29, 1.82) is 0 Å². The van der Waals surface area contributed by atoms with E-state index in [4.69, 9.17) is 9.47 Å². The molecule has 2 saturated carbocycles. The molecule has 2 atom stereocenters. The number of hydrogen-bond donors (Lipinski definition) is 1. The molecule has 0 aliphatic heterocycles. The number of carboxylic acids is 2. The van der Waals surface area contributed by atoms with E-state index >= 15 is 0 Å². The number of aliphatic carboxylic acids is 2. The van der Waals surface area contributed by atoms with Crippen molar-refractivity contribution >= 4 is 23.9 Å². The molecular formula is C40H66NNaO8. The number of carbonyl (C=O) groups excluding carboxylic acids is 4. The summed E-state index contributed by atoms with van der Waals surface area (Å²) in [6, 6.07) is 10.6. The number of esters is 2. The minimum Gasteiger partial charge on any atom is -0.550 e. The van der Waals surface area contributed by atoms with Crippen molar-refractivity contribution in [3.8, 4) is 0 Å². The summed E-state index contributed by atoms with van der Waals surface area (Å²) in [5.41, 5.74) is 3.98. The summed E-state index contributed by atoms with van der Waals surface area (Å²) in [5.74, 6) is -4.03. The Morgan fingerprint density at radius 3 is 1.50 bits per heavy atom. The van der Waals surface area contributed by atoms with Crippen molar-refractivity contribution < 1.29 is 74.2 Å². The molecule has 0 saturated heterocycles. The zero-order valence-electron chi connectivity index (χ0n) is 32.4. The molecular weight excluding hydrogens is 645 g/mol. The van der Waals surface area contributed by atoms with Crippen LogP contribution in [0.3, 0.4) is 0 Å². The predicted octanol–water partition coefficient (Wildman–Crippen LogP) is 2.51. The summed E-state index contributed by atoms with van der Waals surface area (Å²) in [6.45, 7) is 10.6. The van der Waals surface area contributed by atoms with E-state index in [0.717, 1.165) is 36.8 Å². The number of carbonyl (C=O) groups is 4. The van der Waals surface area contributed by atoms with Gasteiger partial charge in [-0.1, -0.05) is 81.7 Å². The Balaban J connectivity index is 0.000000789. The molecule has 10 heteroatoms. The van der Waals surface area contributed by atoms with Crippen molar-refractivity contribution in [2.75, 3.05) is 0 Å². The molecule has 0 aromatic heterocycles. The maximum absolute atomic E-state index is 11.7. The van der Waals surface area contributed by atoms with Gasteiger partial charge < -0.3 is 35.0 Å². The van der Waals surface area contributed by atoms with E-state index in [2.05, 4.69) is 5.73 Å². The van der Waals surface area contributed by atoms with Crippen LogP contribution in [0.1, 0.15) is 156 Å². The summed E-state index contributed by atoms with van der Waals surface area (Å²) >= 11 is 0. The molecule has 3 N–H and O–H groups in total. The largest absolute Gasteiger partial charge is 1.00 e. The number of hydrogen-bond acceptors (Lipinski definition) is 8. The first-order chi connectivity index (χ1) is 22.9. The molecule has 0 spiro atoms. The molecule has 0 heterocycles. The molecule has 0 bridgehead atoms. The fraction of sp³-hybridized carbons (Fsp3) is 0.750. The minimum absolute atomic E-state index is 0. The Morgan fingerprint density at radius 2 is 1.12 bits per heavy atom. The van der Waals surface area contributed by atoms with Gasteiger partial charge in [-0.05, 0) is 104 Å². The van der Waals surface area contributed by atoms with E-state index < -0.39 is 46.9 Å². The van der Waals surface area contributed by atoms with Gasteiger partial charge in [0.1, 0.15) is 11.2 Å². The molecule has 3 rings (SSSR count). The van der Waals surface area contributed by atoms with E-state index in [1.165, 1.54) is 64.2 Å².